The number of nitrogens with zero attached hydrogens (tertiary/aromatic N) is 1. The quantitative estimate of drug-likeness (QED) is 0.874. The summed E-state index contributed by atoms with van der Waals surface area (Å²) in [6.07, 6.45) is 0. The molecule has 0 amide bonds. The number of aromatic hydroxyl groups is 1. The lowest BCUT2D eigenvalue weighted by Gasteiger charge is -2.04. The van der Waals surface area contributed by atoms with Crippen LogP contribution in [0.25, 0.3) is 10.6 Å². The molecule has 0 saturated heterocycles. The van der Waals surface area contributed by atoms with Crippen LogP contribution in [0.15, 0.2) is 24.3 Å². The average Bonchev–Trinajstić information content (AvgIpc) is 2.80. The van der Waals surface area contributed by atoms with Crippen molar-refractivity contribution in [3.63, 3.8) is 0 Å². The van der Waals surface area contributed by atoms with Crippen molar-refractivity contribution in [2.24, 2.45) is 0 Å². The van der Waals surface area contributed by atoms with Crippen LogP contribution in [0.5, 0.6) is 5.75 Å². The lowest BCUT2D eigenvalue weighted by molar-refractivity contribution is 0.475. The fourth-order valence-corrected chi connectivity index (χ4v) is 3.12. The number of hydrogen-bond acceptors (Lipinski definition) is 4. The van der Waals surface area contributed by atoms with Gasteiger partial charge in [-0.25, -0.2) is 4.98 Å². The van der Waals surface area contributed by atoms with Gasteiger partial charge in [-0.05, 0) is 24.6 Å². The van der Waals surface area contributed by atoms with E-state index in [9.17, 15) is 5.11 Å². The lowest BCUT2D eigenvalue weighted by Crippen LogP contribution is -2.12. The van der Waals surface area contributed by atoms with Crippen molar-refractivity contribution >= 4 is 11.3 Å². The number of aromatic nitrogens is 1. The van der Waals surface area contributed by atoms with Crippen molar-refractivity contribution < 1.29 is 5.11 Å². The first-order chi connectivity index (χ1) is 9.11. The molecule has 0 unspecified atom stereocenters. The highest BCUT2D eigenvalue weighted by atomic mass is 32.1. The summed E-state index contributed by atoms with van der Waals surface area (Å²) in [5.74, 6) is 0.697. The Bertz CT molecular complexity index is 549. The molecule has 1 heterocycles. The zero-order chi connectivity index (χ0) is 13.8. The minimum atomic E-state index is 0.284. The second-order valence-corrected chi connectivity index (χ2v) is 5.90. The molecule has 2 rings (SSSR count). The topological polar surface area (TPSA) is 45.1 Å². The highest BCUT2D eigenvalue weighted by Gasteiger charge is 2.15. The molecule has 3 nitrogen and oxygen atoms in total. The van der Waals surface area contributed by atoms with Crippen molar-refractivity contribution in [3.05, 3.63) is 34.8 Å². The van der Waals surface area contributed by atoms with E-state index in [-0.39, 0.29) is 5.75 Å². The van der Waals surface area contributed by atoms with Crippen LogP contribution in [0.2, 0.25) is 0 Å². The van der Waals surface area contributed by atoms with Crippen molar-refractivity contribution in [1.82, 2.24) is 10.3 Å². The summed E-state index contributed by atoms with van der Waals surface area (Å²) in [6, 6.07) is 7.28. The van der Waals surface area contributed by atoms with Crippen LogP contribution >= 0.6 is 11.3 Å². The standard InChI is InChI=1S/C15H20N2OS/c1-4-16-9-13-14(10(2)3)17-15(19-13)11-6-5-7-12(18)8-11/h5-8,10,16,18H,4,9H2,1-3H3. The predicted molar refractivity (Wildman–Crippen MR) is 80.7 cm³/mol. The van der Waals surface area contributed by atoms with Gasteiger partial charge in [0.15, 0.2) is 0 Å². The van der Waals surface area contributed by atoms with E-state index in [0.29, 0.717) is 5.92 Å². The Morgan fingerprint density at radius 2 is 2.16 bits per heavy atom. The molecule has 0 fully saturated rings. The zero-order valence-electron chi connectivity index (χ0n) is 11.6. The van der Waals surface area contributed by atoms with Gasteiger partial charge in [0.05, 0.1) is 5.69 Å². The maximum atomic E-state index is 9.57. The second-order valence-electron chi connectivity index (χ2n) is 4.81. The third kappa shape index (κ3) is 3.33. The fourth-order valence-electron chi connectivity index (χ4n) is 1.94. The first kappa shape index (κ1) is 14.0. The number of thiazole rings is 1. The number of nitrogens with one attached hydrogen (secondary N) is 1. The number of benzene rings is 1. The molecular weight excluding hydrogens is 256 g/mol. The smallest absolute Gasteiger partial charge is 0.124 e. The molecule has 0 bridgehead atoms. The van der Waals surface area contributed by atoms with Crippen LogP contribution in [0, 0.1) is 0 Å². The molecule has 2 aromatic rings. The minimum absolute atomic E-state index is 0.284. The largest absolute Gasteiger partial charge is 0.508 e. The molecule has 0 radical (unpaired) electrons. The number of rotatable bonds is 5. The molecule has 0 spiro atoms. The van der Waals surface area contributed by atoms with E-state index in [2.05, 4.69) is 26.1 Å². The van der Waals surface area contributed by atoms with Crippen LogP contribution in [0.4, 0.5) is 0 Å². The first-order valence-electron chi connectivity index (χ1n) is 6.61. The van der Waals surface area contributed by atoms with E-state index in [1.54, 1.807) is 23.5 Å². The van der Waals surface area contributed by atoms with E-state index in [0.717, 1.165) is 29.4 Å². The lowest BCUT2D eigenvalue weighted by atomic mass is 10.1. The molecule has 0 aliphatic carbocycles. The van der Waals surface area contributed by atoms with Crippen LogP contribution < -0.4 is 5.32 Å². The van der Waals surface area contributed by atoms with Gasteiger partial charge in [0.2, 0.25) is 0 Å². The fraction of sp³-hybridized carbons (Fsp3) is 0.400. The van der Waals surface area contributed by atoms with E-state index in [1.165, 1.54) is 4.88 Å². The van der Waals surface area contributed by atoms with E-state index >= 15 is 0 Å². The zero-order valence-corrected chi connectivity index (χ0v) is 12.4. The molecule has 4 heteroatoms. The van der Waals surface area contributed by atoms with Crippen molar-refractivity contribution in [1.29, 1.82) is 0 Å². The van der Waals surface area contributed by atoms with Crippen LogP contribution in [0.3, 0.4) is 0 Å². The summed E-state index contributed by atoms with van der Waals surface area (Å²) in [5, 5.41) is 13.9. The van der Waals surface area contributed by atoms with Gasteiger partial charge in [0, 0.05) is 17.0 Å². The molecule has 1 aromatic heterocycles. The first-order valence-corrected chi connectivity index (χ1v) is 7.43. The van der Waals surface area contributed by atoms with E-state index in [4.69, 9.17) is 4.98 Å². The van der Waals surface area contributed by atoms with Crippen LogP contribution in [-0.4, -0.2) is 16.6 Å². The molecule has 0 atom stereocenters. The third-order valence-electron chi connectivity index (χ3n) is 2.90. The van der Waals surface area contributed by atoms with E-state index < -0.39 is 0 Å². The molecule has 19 heavy (non-hydrogen) atoms. The Kier molecular flexibility index (Phi) is 4.56. The Morgan fingerprint density at radius 1 is 1.37 bits per heavy atom. The molecule has 0 aliphatic heterocycles. The Labute approximate surface area is 118 Å². The Balaban J connectivity index is 2.36. The van der Waals surface area contributed by atoms with Crippen LogP contribution in [-0.2, 0) is 6.54 Å². The summed E-state index contributed by atoms with van der Waals surface area (Å²) in [6.45, 7) is 8.25. The molecule has 1 aromatic carbocycles. The third-order valence-corrected chi connectivity index (χ3v) is 4.02. The molecule has 2 N–H and O–H groups in total. The predicted octanol–water partition coefficient (Wildman–Crippen LogP) is 3.75. The van der Waals surface area contributed by atoms with Crippen LogP contribution in [0.1, 0.15) is 37.3 Å². The summed E-state index contributed by atoms with van der Waals surface area (Å²) in [5.41, 5.74) is 2.14. The SMILES string of the molecule is CCNCc1sc(-c2cccc(O)c2)nc1C(C)C. The summed E-state index contributed by atoms with van der Waals surface area (Å²) < 4.78 is 0. The minimum Gasteiger partial charge on any atom is -0.508 e. The van der Waals surface area contributed by atoms with E-state index in [1.807, 2.05) is 12.1 Å². The second kappa shape index (κ2) is 6.17. The summed E-state index contributed by atoms with van der Waals surface area (Å²) >= 11 is 1.70. The average molecular weight is 276 g/mol. The van der Waals surface area contributed by atoms with Gasteiger partial charge >= 0.3 is 0 Å². The van der Waals surface area contributed by atoms with Gasteiger partial charge in [-0.15, -0.1) is 11.3 Å². The van der Waals surface area contributed by atoms with Gasteiger partial charge in [0.25, 0.3) is 0 Å². The number of phenols is 1. The molecule has 0 aliphatic rings. The number of phenolic OH excluding ortho intramolecular Hbond substituents is 1. The molecule has 0 saturated carbocycles. The maximum Gasteiger partial charge on any atom is 0.124 e. The van der Waals surface area contributed by atoms with Gasteiger partial charge in [-0.3, -0.25) is 0 Å². The Hall–Kier alpha value is -1.39. The highest BCUT2D eigenvalue weighted by molar-refractivity contribution is 7.15. The number of hydrogen-bond donors (Lipinski definition) is 2. The maximum absolute atomic E-state index is 9.57. The summed E-state index contributed by atoms with van der Waals surface area (Å²) in [7, 11) is 0. The molecular formula is C15H20N2OS. The van der Waals surface area contributed by atoms with Crippen molar-refractivity contribution in [2.45, 2.75) is 33.2 Å². The van der Waals surface area contributed by atoms with Gasteiger partial charge < -0.3 is 10.4 Å². The highest BCUT2D eigenvalue weighted by Crippen LogP contribution is 2.32. The summed E-state index contributed by atoms with van der Waals surface area (Å²) in [4.78, 5) is 6.03. The monoisotopic (exact) mass is 276 g/mol. The normalized spacial score (nSPS) is 11.2. The van der Waals surface area contributed by atoms with Gasteiger partial charge in [-0.2, -0.15) is 0 Å². The molecule has 102 valence electrons. The van der Waals surface area contributed by atoms with Crippen molar-refractivity contribution in [3.8, 4) is 16.3 Å². The van der Waals surface area contributed by atoms with Gasteiger partial charge in [0.1, 0.15) is 10.8 Å². The van der Waals surface area contributed by atoms with Crippen molar-refractivity contribution in [2.75, 3.05) is 6.54 Å². The van der Waals surface area contributed by atoms with Gasteiger partial charge in [-0.1, -0.05) is 32.9 Å². The Morgan fingerprint density at radius 3 is 2.79 bits per heavy atom.